The summed E-state index contributed by atoms with van der Waals surface area (Å²) in [5, 5.41) is 12.5. The number of carbonyl (C=O) groups is 1. The Morgan fingerprint density at radius 3 is 2.81 bits per heavy atom. The number of halogens is 2. The minimum atomic E-state index is -0.964. The van der Waals surface area contributed by atoms with Crippen LogP contribution in [-0.2, 0) is 5.75 Å². The number of nitrogens with zero attached hydrogens (tertiary/aromatic N) is 3. The Kier molecular flexibility index (Phi) is 4.67. The van der Waals surface area contributed by atoms with Crippen molar-refractivity contribution in [3.63, 3.8) is 0 Å². The van der Waals surface area contributed by atoms with Gasteiger partial charge in [-0.25, -0.2) is 8.78 Å². The molecule has 0 spiro atoms. The van der Waals surface area contributed by atoms with E-state index in [2.05, 4.69) is 0 Å². The highest BCUT2D eigenvalue weighted by molar-refractivity contribution is 7.98. The zero-order valence-corrected chi connectivity index (χ0v) is 19.8. The summed E-state index contributed by atoms with van der Waals surface area (Å²) in [6.45, 7) is 0.904. The molecule has 4 heterocycles. The number of hydrogen-bond donors (Lipinski definition) is 1. The number of pyridine rings is 1. The molecule has 1 saturated carbocycles. The number of fused-ring (bicyclic) bond motifs is 8. The zero-order valence-electron chi connectivity index (χ0n) is 19.0. The van der Waals surface area contributed by atoms with Crippen molar-refractivity contribution >= 4 is 17.7 Å². The van der Waals surface area contributed by atoms with Crippen LogP contribution in [0.5, 0.6) is 11.5 Å². The van der Waals surface area contributed by atoms with Crippen LogP contribution in [0.3, 0.4) is 0 Å². The SMILES string of the molecule is O=C1c2c(O)c(=O)ccn2N2CN1C[C@H]1C[C@@H]1COc1cc(F)c(F)c3c1[C@H]2c1ccccc1SC3. The molecular formula is C26H21F2N3O4S. The molecule has 3 atom stereocenters. The molecule has 10 heteroatoms. The van der Waals surface area contributed by atoms with Gasteiger partial charge >= 0.3 is 0 Å². The van der Waals surface area contributed by atoms with E-state index in [-0.39, 0.29) is 41.3 Å². The van der Waals surface area contributed by atoms with Crippen LogP contribution in [0.4, 0.5) is 8.78 Å². The molecule has 0 saturated heterocycles. The standard InChI is InChI=1S/C26H21F2N3O4S/c27-17-8-19-21-16(22(17)28)11-36-20-4-2-1-3-15(20)23(21)31-12-29(9-13-7-14(13)10-35-19)26(34)24-25(33)18(32)5-6-30(24)31/h1-6,8,13-14,23,33H,7,9-12H2/t13-,14-,23-/m1/s1. The number of amides is 1. The molecule has 3 aliphatic heterocycles. The Balaban J connectivity index is 1.56. The topological polar surface area (TPSA) is 75.0 Å². The maximum Gasteiger partial charge on any atom is 0.277 e. The van der Waals surface area contributed by atoms with Gasteiger partial charge in [-0.2, -0.15) is 0 Å². The van der Waals surface area contributed by atoms with Gasteiger partial charge in [0.1, 0.15) is 18.5 Å². The summed E-state index contributed by atoms with van der Waals surface area (Å²) in [7, 11) is 0. The molecule has 7 rings (SSSR count). The lowest BCUT2D eigenvalue weighted by molar-refractivity contribution is 0.0667. The summed E-state index contributed by atoms with van der Waals surface area (Å²) in [6, 6.07) is 9.25. The fraction of sp³-hybridized carbons (Fsp3) is 0.308. The van der Waals surface area contributed by atoms with E-state index in [0.717, 1.165) is 22.9 Å². The van der Waals surface area contributed by atoms with Crippen LogP contribution in [0.25, 0.3) is 0 Å². The third kappa shape index (κ3) is 3.09. The van der Waals surface area contributed by atoms with Gasteiger partial charge in [-0.3, -0.25) is 19.3 Å². The molecule has 4 aliphatic rings. The third-order valence-electron chi connectivity index (χ3n) is 7.59. The van der Waals surface area contributed by atoms with Crippen molar-refractivity contribution < 1.29 is 23.4 Å². The van der Waals surface area contributed by atoms with Gasteiger partial charge in [-0.1, -0.05) is 18.2 Å². The van der Waals surface area contributed by atoms with E-state index >= 15 is 4.39 Å². The molecule has 2 aromatic carbocycles. The number of aromatic nitrogens is 1. The van der Waals surface area contributed by atoms with Crippen molar-refractivity contribution in [2.75, 3.05) is 24.8 Å². The maximum absolute atomic E-state index is 15.4. The van der Waals surface area contributed by atoms with Crippen LogP contribution in [0.2, 0.25) is 0 Å². The third-order valence-corrected chi connectivity index (χ3v) is 8.71. The van der Waals surface area contributed by atoms with E-state index in [1.807, 2.05) is 29.3 Å². The first-order valence-electron chi connectivity index (χ1n) is 11.8. The molecule has 1 fully saturated rings. The predicted molar refractivity (Wildman–Crippen MR) is 128 cm³/mol. The largest absolute Gasteiger partial charge is 0.502 e. The second-order valence-electron chi connectivity index (χ2n) is 9.69. The summed E-state index contributed by atoms with van der Waals surface area (Å²) < 4.78 is 37.8. The molecule has 0 radical (unpaired) electrons. The number of benzene rings is 2. The lowest BCUT2D eigenvalue weighted by Crippen LogP contribution is -2.56. The van der Waals surface area contributed by atoms with Crippen LogP contribution in [0.1, 0.15) is 39.6 Å². The normalized spacial score (nSPS) is 23.8. The number of hydrogen-bond acceptors (Lipinski definition) is 6. The lowest BCUT2D eigenvalue weighted by Gasteiger charge is -2.44. The van der Waals surface area contributed by atoms with Gasteiger partial charge in [-0.05, 0) is 29.9 Å². The van der Waals surface area contributed by atoms with E-state index in [1.54, 1.807) is 4.90 Å². The summed E-state index contributed by atoms with van der Waals surface area (Å²) in [6.07, 6.45) is 2.29. The first kappa shape index (κ1) is 21.7. The van der Waals surface area contributed by atoms with Gasteiger partial charge in [-0.15, -0.1) is 11.8 Å². The minimum absolute atomic E-state index is 0.133. The molecule has 1 N–H and O–H groups in total. The monoisotopic (exact) mass is 509 g/mol. The number of thioether (sulfide) groups is 1. The Bertz CT molecular complexity index is 1510. The Hall–Kier alpha value is -3.53. The second kappa shape index (κ2) is 7.73. The van der Waals surface area contributed by atoms with Crippen molar-refractivity contribution in [3.8, 4) is 11.5 Å². The number of rotatable bonds is 0. The average Bonchev–Trinajstić information content (AvgIpc) is 3.64. The predicted octanol–water partition coefficient (Wildman–Crippen LogP) is 3.61. The van der Waals surface area contributed by atoms with Gasteiger partial charge in [0.2, 0.25) is 5.43 Å². The molecule has 1 amide bonds. The quantitative estimate of drug-likeness (QED) is 0.499. The average molecular weight is 510 g/mol. The van der Waals surface area contributed by atoms with Gasteiger partial charge in [0.05, 0.1) is 6.61 Å². The molecule has 36 heavy (non-hydrogen) atoms. The Labute approximate surface area is 208 Å². The first-order chi connectivity index (χ1) is 17.4. The smallest absolute Gasteiger partial charge is 0.277 e. The fourth-order valence-corrected chi connectivity index (χ4v) is 6.74. The number of ether oxygens (including phenoxy) is 1. The molecule has 2 bridgehead atoms. The van der Waals surface area contributed by atoms with Crippen molar-refractivity contribution in [2.45, 2.75) is 23.1 Å². The molecule has 3 aromatic rings. The van der Waals surface area contributed by atoms with E-state index < -0.39 is 34.8 Å². The van der Waals surface area contributed by atoms with Crippen molar-refractivity contribution in [1.82, 2.24) is 9.58 Å². The van der Waals surface area contributed by atoms with Gasteiger partial charge in [0, 0.05) is 46.6 Å². The second-order valence-corrected chi connectivity index (χ2v) is 10.7. The summed E-state index contributed by atoms with van der Waals surface area (Å²) in [5.41, 5.74) is 0.743. The van der Waals surface area contributed by atoms with Crippen molar-refractivity contribution in [2.24, 2.45) is 11.8 Å². The molecule has 1 aromatic heterocycles. The van der Waals surface area contributed by atoms with Crippen LogP contribution >= 0.6 is 11.8 Å². The van der Waals surface area contributed by atoms with Crippen LogP contribution in [-0.4, -0.2) is 40.4 Å². The van der Waals surface area contributed by atoms with Crippen LogP contribution in [0.15, 0.2) is 52.3 Å². The first-order valence-corrected chi connectivity index (χ1v) is 12.8. The molecule has 1 aliphatic carbocycles. The highest BCUT2D eigenvalue weighted by Gasteiger charge is 2.46. The van der Waals surface area contributed by atoms with Crippen LogP contribution in [0, 0.1) is 23.5 Å². The van der Waals surface area contributed by atoms with Crippen molar-refractivity contribution in [3.05, 3.63) is 86.8 Å². The zero-order chi connectivity index (χ0) is 24.7. The van der Waals surface area contributed by atoms with E-state index in [9.17, 15) is 19.1 Å². The summed E-state index contributed by atoms with van der Waals surface area (Å²) in [4.78, 5) is 28.3. The lowest BCUT2D eigenvalue weighted by atomic mass is 9.92. The highest BCUT2D eigenvalue weighted by atomic mass is 32.2. The summed E-state index contributed by atoms with van der Waals surface area (Å²) in [5.74, 6) is -2.12. The van der Waals surface area contributed by atoms with E-state index in [1.165, 1.54) is 28.7 Å². The maximum atomic E-state index is 15.4. The Morgan fingerprint density at radius 2 is 1.94 bits per heavy atom. The van der Waals surface area contributed by atoms with E-state index in [0.29, 0.717) is 18.7 Å². The molecule has 7 nitrogen and oxygen atoms in total. The molecule has 184 valence electrons. The van der Waals surface area contributed by atoms with Gasteiger partial charge < -0.3 is 14.7 Å². The molecular weight excluding hydrogens is 488 g/mol. The van der Waals surface area contributed by atoms with Crippen molar-refractivity contribution in [1.29, 1.82) is 0 Å². The van der Waals surface area contributed by atoms with Gasteiger partial charge in [0.25, 0.3) is 5.91 Å². The summed E-state index contributed by atoms with van der Waals surface area (Å²) >= 11 is 1.41. The minimum Gasteiger partial charge on any atom is -0.502 e. The number of aromatic hydroxyl groups is 1. The highest BCUT2D eigenvalue weighted by Crippen LogP contribution is 2.49. The molecule has 0 unspecified atom stereocenters. The fourth-order valence-electron chi connectivity index (χ4n) is 5.63. The van der Waals surface area contributed by atoms with E-state index in [4.69, 9.17) is 4.74 Å². The van der Waals surface area contributed by atoms with Crippen LogP contribution < -0.4 is 15.2 Å². The Morgan fingerprint density at radius 1 is 1.11 bits per heavy atom. The number of carbonyl (C=O) groups excluding carboxylic acids is 1. The van der Waals surface area contributed by atoms with Gasteiger partial charge in [0.15, 0.2) is 23.1 Å².